The standard InChI is InChI=1S/C12H9N3O2/c16-12(15-17)10-5-2-1-4-9(10)8-11-13-6-3-7-14-11/h1-7H,8H2. The lowest BCUT2D eigenvalue weighted by Crippen LogP contribution is -2.03. The molecule has 0 aliphatic carbocycles. The van der Waals surface area contributed by atoms with Gasteiger partial charge in [-0.2, -0.15) is 0 Å². The van der Waals surface area contributed by atoms with Gasteiger partial charge in [0.15, 0.2) is 0 Å². The van der Waals surface area contributed by atoms with E-state index in [1.54, 1.807) is 42.7 Å². The van der Waals surface area contributed by atoms with Crippen LogP contribution in [0.2, 0.25) is 0 Å². The minimum atomic E-state index is -0.767. The molecule has 1 amide bonds. The van der Waals surface area contributed by atoms with Crippen molar-refractivity contribution in [1.29, 1.82) is 0 Å². The van der Waals surface area contributed by atoms with Gasteiger partial charge < -0.3 is 0 Å². The summed E-state index contributed by atoms with van der Waals surface area (Å²) in [7, 11) is 0. The Bertz CT molecular complexity index is 540. The van der Waals surface area contributed by atoms with E-state index < -0.39 is 5.91 Å². The summed E-state index contributed by atoms with van der Waals surface area (Å²) in [6.45, 7) is 0. The van der Waals surface area contributed by atoms with Crippen molar-refractivity contribution in [3.63, 3.8) is 0 Å². The molecule has 0 atom stereocenters. The first-order chi connectivity index (χ1) is 8.31. The number of benzene rings is 1. The van der Waals surface area contributed by atoms with Crippen molar-refractivity contribution >= 4 is 5.91 Å². The number of nitroso groups, excluding NO2 is 1. The van der Waals surface area contributed by atoms with E-state index in [4.69, 9.17) is 0 Å². The van der Waals surface area contributed by atoms with Gasteiger partial charge in [-0.1, -0.05) is 18.2 Å². The third-order valence-electron chi connectivity index (χ3n) is 2.30. The quantitative estimate of drug-likeness (QED) is 0.751. The maximum absolute atomic E-state index is 11.3. The van der Waals surface area contributed by atoms with Crippen LogP contribution in [-0.2, 0) is 6.42 Å². The van der Waals surface area contributed by atoms with E-state index in [0.29, 0.717) is 23.4 Å². The zero-order chi connectivity index (χ0) is 12.1. The first-order valence-electron chi connectivity index (χ1n) is 5.03. The average Bonchev–Trinajstić information content (AvgIpc) is 2.40. The second kappa shape index (κ2) is 5.07. The van der Waals surface area contributed by atoms with Crippen LogP contribution in [0.15, 0.2) is 47.9 Å². The molecule has 84 valence electrons. The summed E-state index contributed by atoms with van der Waals surface area (Å²) < 4.78 is 0. The van der Waals surface area contributed by atoms with Crippen LogP contribution in [0.5, 0.6) is 0 Å². The Morgan fingerprint density at radius 1 is 1.12 bits per heavy atom. The Hall–Kier alpha value is -2.43. The SMILES string of the molecule is O=NC(=O)c1ccccc1Cc1ncccn1. The maximum Gasteiger partial charge on any atom is 0.317 e. The molecule has 1 aromatic heterocycles. The number of nitrogens with zero attached hydrogens (tertiary/aromatic N) is 3. The molecule has 0 N–H and O–H groups in total. The molecule has 2 aromatic rings. The van der Waals surface area contributed by atoms with Crippen molar-refractivity contribution in [3.8, 4) is 0 Å². The Morgan fingerprint density at radius 2 is 1.82 bits per heavy atom. The fourth-order valence-electron chi connectivity index (χ4n) is 1.52. The van der Waals surface area contributed by atoms with Crippen LogP contribution >= 0.6 is 0 Å². The monoisotopic (exact) mass is 227 g/mol. The second-order valence-corrected chi connectivity index (χ2v) is 3.40. The summed E-state index contributed by atoms with van der Waals surface area (Å²) in [5.74, 6) is -0.171. The fourth-order valence-corrected chi connectivity index (χ4v) is 1.52. The number of amides is 1. The van der Waals surface area contributed by atoms with Crippen LogP contribution in [0.4, 0.5) is 0 Å². The topological polar surface area (TPSA) is 72.3 Å². The minimum absolute atomic E-state index is 0.301. The van der Waals surface area contributed by atoms with Crippen molar-refractivity contribution in [3.05, 3.63) is 64.6 Å². The van der Waals surface area contributed by atoms with E-state index in [1.807, 2.05) is 0 Å². The Morgan fingerprint density at radius 3 is 2.53 bits per heavy atom. The highest BCUT2D eigenvalue weighted by molar-refractivity contribution is 5.96. The number of aromatic nitrogens is 2. The van der Waals surface area contributed by atoms with Crippen molar-refractivity contribution in [2.45, 2.75) is 6.42 Å². The molecular weight excluding hydrogens is 218 g/mol. The lowest BCUT2D eigenvalue weighted by atomic mass is 10.0. The van der Waals surface area contributed by atoms with Gasteiger partial charge in [-0.3, -0.25) is 4.79 Å². The van der Waals surface area contributed by atoms with Crippen LogP contribution in [0.1, 0.15) is 21.7 Å². The van der Waals surface area contributed by atoms with Crippen molar-refractivity contribution in [1.82, 2.24) is 9.97 Å². The molecule has 1 aromatic carbocycles. The molecule has 1 heterocycles. The molecule has 5 heteroatoms. The zero-order valence-corrected chi connectivity index (χ0v) is 8.91. The van der Waals surface area contributed by atoms with E-state index in [-0.39, 0.29) is 0 Å². The lowest BCUT2D eigenvalue weighted by molar-refractivity contribution is 0.1000. The maximum atomic E-state index is 11.3. The Labute approximate surface area is 97.5 Å². The van der Waals surface area contributed by atoms with E-state index in [1.165, 1.54) is 0 Å². The molecule has 2 rings (SSSR count). The summed E-state index contributed by atoms with van der Waals surface area (Å²) in [5, 5.41) is 2.43. The molecule has 0 bridgehead atoms. The number of carbonyl (C=O) groups is 1. The average molecular weight is 227 g/mol. The lowest BCUT2D eigenvalue weighted by Gasteiger charge is -2.03. The predicted octanol–water partition coefficient (Wildman–Crippen LogP) is 1.97. The van der Waals surface area contributed by atoms with E-state index >= 15 is 0 Å². The van der Waals surface area contributed by atoms with Gasteiger partial charge in [-0.15, -0.1) is 4.91 Å². The van der Waals surface area contributed by atoms with E-state index in [9.17, 15) is 9.70 Å². The normalized spacial score (nSPS) is 9.88. The van der Waals surface area contributed by atoms with Crippen molar-refractivity contribution in [2.24, 2.45) is 5.18 Å². The third kappa shape index (κ3) is 2.57. The van der Waals surface area contributed by atoms with Crippen LogP contribution < -0.4 is 0 Å². The summed E-state index contributed by atoms with van der Waals surface area (Å²) >= 11 is 0. The van der Waals surface area contributed by atoms with Crippen LogP contribution in [0.3, 0.4) is 0 Å². The molecule has 0 fully saturated rings. The fraction of sp³-hybridized carbons (Fsp3) is 0.0833. The first-order valence-corrected chi connectivity index (χ1v) is 5.03. The van der Waals surface area contributed by atoms with E-state index in [2.05, 4.69) is 15.1 Å². The van der Waals surface area contributed by atoms with Gasteiger partial charge in [-0.05, 0) is 17.7 Å². The largest absolute Gasteiger partial charge is 0.317 e. The smallest absolute Gasteiger partial charge is 0.263 e. The molecule has 0 unspecified atom stereocenters. The molecule has 5 nitrogen and oxygen atoms in total. The van der Waals surface area contributed by atoms with Gasteiger partial charge in [0.05, 0.1) is 0 Å². The van der Waals surface area contributed by atoms with Gasteiger partial charge in [0.1, 0.15) is 5.82 Å². The Kier molecular flexibility index (Phi) is 3.30. The molecule has 17 heavy (non-hydrogen) atoms. The number of carbonyl (C=O) groups excluding carboxylic acids is 1. The van der Waals surface area contributed by atoms with Crippen molar-refractivity contribution < 1.29 is 4.79 Å². The summed E-state index contributed by atoms with van der Waals surface area (Å²) in [5.41, 5.74) is 0.998. The summed E-state index contributed by atoms with van der Waals surface area (Å²) in [6, 6.07) is 8.53. The van der Waals surface area contributed by atoms with Gasteiger partial charge >= 0.3 is 5.91 Å². The highest BCUT2D eigenvalue weighted by Crippen LogP contribution is 2.13. The molecule has 0 spiro atoms. The molecule has 0 aliphatic heterocycles. The zero-order valence-electron chi connectivity index (χ0n) is 8.91. The number of hydrogen-bond donors (Lipinski definition) is 0. The highest BCUT2D eigenvalue weighted by Gasteiger charge is 2.11. The number of rotatable bonds is 3. The number of hydrogen-bond acceptors (Lipinski definition) is 4. The van der Waals surface area contributed by atoms with Gasteiger partial charge in [0.25, 0.3) is 0 Å². The predicted molar refractivity (Wildman–Crippen MR) is 61.4 cm³/mol. The van der Waals surface area contributed by atoms with Gasteiger partial charge in [0, 0.05) is 29.6 Å². The molecular formula is C12H9N3O2. The minimum Gasteiger partial charge on any atom is -0.263 e. The molecule has 0 saturated heterocycles. The van der Waals surface area contributed by atoms with Crippen LogP contribution in [-0.4, -0.2) is 15.9 Å². The molecule has 0 radical (unpaired) electrons. The molecule has 0 saturated carbocycles. The summed E-state index contributed by atoms with van der Waals surface area (Å²) in [6.07, 6.45) is 3.66. The second-order valence-electron chi connectivity index (χ2n) is 3.40. The summed E-state index contributed by atoms with van der Waals surface area (Å²) in [4.78, 5) is 29.7. The molecule has 0 aliphatic rings. The van der Waals surface area contributed by atoms with Crippen LogP contribution in [0.25, 0.3) is 0 Å². The van der Waals surface area contributed by atoms with Gasteiger partial charge in [-0.25, -0.2) is 9.97 Å². The van der Waals surface area contributed by atoms with Gasteiger partial charge in [0.2, 0.25) is 0 Å². The van der Waals surface area contributed by atoms with E-state index in [0.717, 1.165) is 0 Å². The first kappa shape index (κ1) is 11.1. The van der Waals surface area contributed by atoms with Crippen molar-refractivity contribution in [2.75, 3.05) is 0 Å². The third-order valence-corrected chi connectivity index (χ3v) is 2.30. The van der Waals surface area contributed by atoms with Crippen LogP contribution in [0, 0.1) is 4.91 Å². The Balaban J connectivity index is 2.33. The highest BCUT2D eigenvalue weighted by atomic mass is 16.3.